The maximum atomic E-state index is 11.0. The Morgan fingerprint density at radius 2 is 1.65 bits per heavy atom. The summed E-state index contributed by atoms with van der Waals surface area (Å²) in [7, 11) is 0. The Kier molecular flexibility index (Phi) is 9.71. The highest BCUT2D eigenvalue weighted by atomic mass is 16.6. The predicted molar refractivity (Wildman–Crippen MR) is 88.6 cm³/mol. The van der Waals surface area contributed by atoms with E-state index in [1.54, 1.807) is 6.92 Å². The molecule has 1 heterocycles. The van der Waals surface area contributed by atoms with Gasteiger partial charge in [-0.25, -0.2) is 4.79 Å². The van der Waals surface area contributed by atoms with Gasteiger partial charge in [-0.3, -0.25) is 4.90 Å². The number of nitrogens with zero attached hydrogens (tertiary/aromatic N) is 1. The molecule has 6 nitrogen and oxygen atoms in total. The first kappa shape index (κ1) is 20.4. The molecule has 1 fully saturated rings. The molecule has 0 radical (unpaired) electrons. The zero-order valence-electron chi connectivity index (χ0n) is 15.1. The third-order valence-electron chi connectivity index (χ3n) is 3.87. The lowest BCUT2D eigenvalue weighted by molar-refractivity contribution is -0.149. The third-order valence-corrected chi connectivity index (χ3v) is 3.87. The maximum Gasteiger partial charge on any atom is 0.332 e. The summed E-state index contributed by atoms with van der Waals surface area (Å²) in [5.74, 6) is -0.336. The van der Waals surface area contributed by atoms with Gasteiger partial charge in [0.2, 0.25) is 0 Å². The Balaban J connectivity index is 1.91. The molecule has 0 unspecified atom stereocenters. The highest BCUT2D eigenvalue weighted by Gasteiger charge is 2.27. The first-order chi connectivity index (χ1) is 10.9. The van der Waals surface area contributed by atoms with Gasteiger partial charge in [-0.05, 0) is 40.5 Å². The summed E-state index contributed by atoms with van der Waals surface area (Å²) in [4.78, 5) is 13.5. The zero-order chi connectivity index (χ0) is 17.1. The van der Waals surface area contributed by atoms with Crippen molar-refractivity contribution in [2.75, 3.05) is 52.7 Å². The van der Waals surface area contributed by atoms with Crippen LogP contribution in [0.1, 0.15) is 40.5 Å². The molecule has 23 heavy (non-hydrogen) atoms. The van der Waals surface area contributed by atoms with Gasteiger partial charge in [-0.1, -0.05) is 0 Å². The topological polar surface area (TPSA) is 57.2 Å². The van der Waals surface area contributed by atoms with Gasteiger partial charge in [0.25, 0.3) is 0 Å². The van der Waals surface area contributed by atoms with Gasteiger partial charge >= 0.3 is 5.97 Å². The Morgan fingerprint density at radius 3 is 2.26 bits per heavy atom. The summed E-state index contributed by atoms with van der Waals surface area (Å²) in [5.41, 5.74) is 0.248. The predicted octanol–water partition coefficient (Wildman–Crippen LogP) is 1.86. The molecule has 1 aliphatic heterocycles. The van der Waals surface area contributed by atoms with E-state index in [4.69, 9.17) is 18.9 Å². The van der Waals surface area contributed by atoms with Crippen LogP contribution in [0.4, 0.5) is 0 Å². The molecule has 1 rings (SSSR count). The van der Waals surface area contributed by atoms with E-state index in [2.05, 4.69) is 25.7 Å². The Hall–Kier alpha value is -0.690. The minimum absolute atomic E-state index is 0.0138. The third kappa shape index (κ3) is 9.25. The SMILES string of the molecule is CCOC(=O)COCCOCCOC1CCN(C(C)(C)C)CC1. The fraction of sp³-hybridized carbons (Fsp3) is 0.941. The monoisotopic (exact) mass is 331 g/mol. The van der Waals surface area contributed by atoms with Crippen molar-refractivity contribution in [3.05, 3.63) is 0 Å². The van der Waals surface area contributed by atoms with Crippen LogP contribution in [0.25, 0.3) is 0 Å². The smallest absolute Gasteiger partial charge is 0.332 e. The molecule has 0 saturated carbocycles. The summed E-state index contributed by atoms with van der Waals surface area (Å²) < 4.78 is 21.2. The number of hydrogen-bond donors (Lipinski definition) is 0. The van der Waals surface area contributed by atoms with Crippen molar-refractivity contribution < 1.29 is 23.7 Å². The van der Waals surface area contributed by atoms with Crippen LogP contribution in [0, 0.1) is 0 Å². The van der Waals surface area contributed by atoms with Crippen molar-refractivity contribution >= 4 is 5.97 Å². The zero-order valence-corrected chi connectivity index (χ0v) is 15.1. The Bertz CT molecular complexity index is 321. The lowest BCUT2D eigenvalue weighted by Gasteiger charge is -2.40. The van der Waals surface area contributed by atoms with Crippen molar-refractivity contribution in [3.8, 4) is 0 Å². The van der Waals surface area contributed by atoms with E-state index < -0.39 is 0 Å². The van der Waals surface area contributed by atoms with Crippen molar-refractivity contribution in [2.45, 2.75) is 52.2 Å². The largest absolute Gasteiger partial charge is 0.464 e. The minimum atomic E-state index is -0.336. The highest BCUT2D eigenvalue weighted by Crippen LogP contribution is 2.21. The van der Waals surface area contributed by atoms with Crippen LogP contribution in [-0.2, 0) is 23.7 Å². The van der Waals surface area contributed by atoms with Crippen LogP contribution >= 0.6 is 0 Å². The first-order valence-corrected chi connectivity index (χ1v) is 8.61. The molecule has 6 heteroatoms. The van der Waals surface area contributed by atoms with Gasteiger partial charge in [0.1, 0.15) is 6.61 Å². The fourth-order valence-electron chi connectivity index (χ4n) is 2.55. The molecular formula is C17H33NO5. The van der Waals surface area contributed by atoms with E-state index in [1.807, 2.05) is 0 Å². The molecule has 0 aromatic carbocycles. The molecule has 0 N–H and O–H groups in total. The van der Waals surface area contributed by atoms with Crippen molar-refractivity contribution in [3.63, 3.8) is 0 Å². The molecule has 0 aliphatic carbocycles. The summed E-state index contributed by atoms with van der Waals surface area (Å²) in [5, 5.41) is 0. The lowest BCUT2D eigenvalue weighted by Crippen LogP contribution is -2.47. The van der Waals surface area contributed by atoms with Gasteiger partial charge in [0, 0.05) is 18.6 Å². The maximum absolute atomic E-state index is 11.0. The summed E-state index contributed by atoms with van der Waals surface area (Å²) >= 11 is 0. The number of ether oxygens (including phenoxy) is 4. The van der Waals surface area contributed by atoms with Crippen LogP contribution < -0.4 is 0 Å². The molecule has 0 spiro atoms. The molecule has 1 aliphatic rings. The molecular weight excluding hydrogens is 298 g/mol. The normalized spacial score (nSPS) is 17.4. The molecule has 136 valence electrons. The number of esters is 1. The van der Waals surface area contributed by atoms with Crippen LogP contribution in [0.15, 0.2) is 0 Å². The Labute approximate surface area is 140 Å². The van der Waals surface area contributed by atoms with Crippen LogP contribution in [0.3, 0.4) is 0 Å². The van der Waals surface area contributed by atoms with E-state index in [0.29, 0.717) is 39.1 Å². The highest BCUT2D eigenvalue weighted by molar-refractivity contribution is 5.70. The molecule has 1 saturated heterocycles. The number of carbonyl (C=O) groups excluding carboxylic acids is 1. The lowest BCUT2D eigenvalue weighted by atomic mass is 9.99. The van der Waals surface area contributed by atoms with Gasteiger partial charge in [0.05, 0.1) is 39.1 Å². The molecule has 0 aromatic heterocycles. The first-order valence-electron chi connectivity index (χ1n) is 8.61. The Morgan fingerprint density at radius 1 is 1.04 bits per heavy atom. The fourth-order valence-corrected chi connectivity index (χ4v) is 2.55. The number of piperidine rings is 1. The summed E-state index contributed by atoms with van der Waals surface area (Å²) in [6.07, 6.45) is 2.51. The molecule has 0 atom stereocenters. The number of hydrogen-bond acceptors (Lipinski definition) is 6. The second-order valence-electron chi connectivity index (χ2n) is 6.70. The molecule has 0 bridgehead atoms. The number of carbonyl (C=O) groups is 1. The van der Waals surface area contributed by atoms with E-state index in [1.165, 1.54) is 0 Å². The number of likely N-dealkylation sites (tertiary alicyclic amines) is 1. The van der Waals surface area contributed by atoms with Crippen LogP contribution in [0.2, 0.25) is 0 Å². The van der Waals surface area contributed by atoms with Crippen LogP contribution in [0.5, 0.6) is 0 Å². The van der Waals surface area contributed by atoms with Crippen molar-refractivity contribution in [1.29, 1.82) is 0 Å². The van der Waals surface area contributed by atoms with Gasteiger partial charge in [-0.15, -0.1) is 0 Å². The average molecular weight is 331 g/mol. The van der Waals surface area contributed by atoms with E-state index in [9.17, 15) is 4.79 Å². The molecule has 0 aromatic rings. The van der Waals surface area contributed by atoms with Crippen molar-refractivity contribution in [1.82, 2.24) is 4.90 Å². The van der Waals surface area contributed by atoms with Gasteiger partial charge in [-0.2, -0.15) is 0 Å². The quantitative estimate of drug-likeness (QED) is 0.450. The van der Waals surface area contributed by atoms with Gasteiger partial charge < -0.3 is 18.9 Å². The minimum Gasteiger partial charge on any atom is -0.464 e. The van der Waals surface area contributed by atoms with Crippen molar-refractivity contribution in [2.24, 2.45) is 0 Å². The molecule has 0 amide bonds. The van der Waals surface area contributed by atoms with E-state index in [0.717, 1.165) is 25.9 Å². The second kappa shape index (κ2) is 11.0. The van der Waals surface area contributed by atoms with Gasteiger partial charge in [0.15, 0.2) is 0 Å². The summed E-state index contributed by atoms with van der Waals surface area (Å²) in [6, 6.07) is 0. The standard InChI is InChI=1S/C17H33NO5/c1-5-22-16(19)14-21-11-10-20-12-13-23-15-6-8-18(9-7-15)17(2,3)4/h15H,5-14H2,1-4H3. The second-order valence-corrected chi connectivity index (χ2v) is 6.70. The van der Waals surface area contributed by atoms with E-state index >= 15 is 0 Å². The van der Waals surface area contributed by atoms with E-state index in [-0.39, 0.29) is 18.1 Å². The summed E-state index contributed by atoms with van der Waals surface area (Å²) in [6.45, 7) is 13.1. The number of rotatable bonds is 10. The van der Waals surface area contributed by atoms with Crippen LogP contribution in [-0.4, -0.2) is 75.2 Å². The average Bonchev–Trinajstić information content (AvgIpc) is 2.50.